The van der Waals surface area contributed by atoms with E-state index >= 15 is 0 Å². The molecule has 0 aliphatic heterocycles. The topological polar surface area (TPSA) is 50.4 Å². The maximum Gasteiger partial charge on any atom is 0.319 e. The Balaban J connectivity index is 1.96. The number of thioether (sulfide) groups is 1. The van der Waals surface area contributed by atoms with Crippen LogP contribution < -0.4 is 15.4 Å². The molecule has 2 aromatic rings. The molecule has 2 rings (SSSR count). The first-order valence-corrected chi connectivity index (χ1v) is 9.06. The fraction of sp³-hybridized carbons (Fsp3) is 0.350. The van der Waals surface area contributed by atoms with Crippen molar-refractivity contribution >= 4 is 23.5 Å². The predicted octanol–water partition coefficient (Wildman–Crippen LogP) is 5.22. The minimum Gasteiger partial charge on any atom is -0.496 e. The Hall–Kier alpha value is -2.14. The molecule has 4 nitrogen and oxygen atoms in total. The molecule has 0 aliphatic carbocycles. The summed E-state index contributed by atoms with van der Waals surface area (Å²) in [6, 6.07) is 13.5. The standard InChI is InChI=1S/C20H26N2O2S/c1-14-12-16(25-20(2,3)4)10-11-17(14)22-19(23)21-13-15-8-6-7-9-18(15)24-5/h6-12H,13H2,1-5H3,(H2,21,22,23). The molecule has 134 valence electrons. The van der Waals surface area contributed by atoms with Crippen LogP contribution in [0.2, 0.25) is 0 Å². The summed E-state index contributed by atoms with van der Waals surface area (Å²) in [4.78, 5) is 13.4. The molecular weight excluding hydrogens is 332 g/mol. The van der Waals surface area contributed by atoms with Crippen molar-refractivity contribution in [2.75, 3.05) is 12.4 Å². The normalized spacial score (nSPS) is 11.1. The first kappa shape index (κ1) is 19.2. The molecule has 2 N–H and O–H groups in total. The molecule has 0 radical (unpaired) electrons. The molecule has 0 saturated carbocycles. The SMILES string of the molecule is COc1ccccc1CNC(=O)Nc1ccc(SC(C)(C)C)cc1C. The number of amides is 2. The van der Waals surface area contributed by atoms with Crippen LogP contribution in [0.3, 0.4) is 0 Å². The Kier molecular flexibility index (Phi) is 6.37. The van der Waals surface area contributed by atoms with E-state index in [0.29, 0.717) is 6.54 Å². The van der Waals surface area contributed by atoms with Gasteiger partial charge in [-0.3, -0.25) is 0 Å². The third kappa shape index (κ3) is 6.02. The van der Waals surface area contributed by atoms with E-state index in [1.165, 1.54) is 4.90 Å². The van der Waals surface area contributed by atoms with Gasteiger partial charge in [-0.1, -0.05) is 39.0 Å². The Morgan fingerprint density at radius 2 is 1.88 bits per heavy atom. The van der Waals surface area contributed by atoms with Crippen molar-refractivity contribution in [2.24, 2.45) is 0 Å². The molecule has 0 atom stereocenters. The highest BCUT2D eigenvalue weighted by atomic mass is 32.2. The van der Waals surface area contributed by atoms with E-state index in [9.17, 15) is 4.79 Å². The number of ether oxygens (including phenoxy) is 1. The van der Waals surface area contributed by atoms with Gasteiger partial charge in [-0.05, 0) is 36.8 Å². The molecule has 0 heterocycles. The zero-order valence-electron chi connectivity index (χ0n) is 15.5. The minimum atomic E-state index is -0.231. The van der Waals surface area contributed by atoms with Gasteiger partial charge in [-0.25, -0.2) is 4.79 Å². The molecule has 2 amide bonds. The molecule has 0 aliphatic rings. The highest BCUT2D eigenvalue weighted by molar-refractivity contribution is 8.00. The van der Waals surface area contributed by atoms with Crippen LogP contribution in [-0.2, 0) is 6.54 Å². The van der Waals surface area contributed by atoms with Gasteiger partial charge in [0.25, 0.3) is 0 Å². The lowest BCUT2D eigenvalue weighted by Crippen LogP contribution is -2.28. The van der Waals surface area contributed by atoms with Crippen LogP contribution in [-0.4, -0.2) is 17.9 Å². The third-order valence-corrected chi connectivity index (χ3v) is 4.60. The number of methoxy groups -OCH3 is 1. The highest BCUT2D eigenvalue weighted by Gasteiger charge is 2.13. The number of hydrogen-bond acceptors (Lipinski definition) is 3. The smallest absolute Gasteiger partial charge is 0.319 e. The maximum atomic E-state index is 12.2. The quantitative estimate of drug-likeness (QED) is 0.721. The van der Waals surface area contributed by atoms with E-state index in [0.717, 1.165) is 22.6 Å². The number of para-hydroxylation sites is 1. The van der Waals surface area contributed by atoms with Crippen LogP contribution in [0.1, 0.15) is 31.9 Å². The average Bonchev–Trinajstić information content (AvgIpc) is 2.54. The molecule has 2 aromatic carbocycles. The number of carbonyl (C=O) groups excluding carboxylic acids is 1. The Bertz CT molecular complexity index is 739. The van der Waals surface area contributed by atoms with E-state index in [2.05, 4.69) is 37.5 Å². The summed E-state index contributed by atoms with van der Waals surface area (Å²) >= 11 is 1.81. The van der Waals surface area contributed by atoms with Gasteiger partial charge >= 0.3 is 6.03 Å². The van der Waals surface area contributed by atoms with Crippen molar-refractivity contribution in [3.8, 4) is 5.75 Å². The molecule has 0 bridgehead atoms. The molecule has 0 spiro atoms. The second kappa shape index (κ2) is 8.30. The lowest BCUT2D eigenvalue weighted by molar-refractivity contribution is 0.251. The highest BCUT2D eigenvalue weighted by Crippen LogP contribution is 2.33. The van der Waals surface area contributed by atoms with Gasteiger partial charge in [0, 0.05) is 27.4 Å². The van der Waals surface area contributed by atoms with Crippen LogP contribution in [0, 0.1) is 6.92 Å². The number of hydrogen-bond donors (Lipinski definition) is 2. The Morgan fingerprint density at radius 1 is 1.16 bits per heavy atom. The molecule has 5 heteroatoms. The number of anilines is 1. The van der Waals surface area contributed by atoms with Gasteiger partial charge in [0.1, 0.15) is 5.75 Å². The lowest BCUT2D eigenvalue weighted by Gasteiger charge is -2.18. The first-order valence-electron chi connectivity index (χ1n) is 8.25. The zero-order valence-corrected chi connectivity index (χ0v) is 16.3. The Morgan fingerprint density at radius 3 is 2.52 bits per heavy atom. The zero-order chi connectivity index (χ0) is 18.4. The first-order chi connectivity index (χ1) is 11.8. The summed E-state index contributed by atoms with van der Waals surface area (Å²) in [5.41, 5.74) is 2.80. The fourth-order valence-corrected chi connectivity index (χ4v) is 3.46. The van der Waals surface area contributed by atoms with E-state index in [-0.39, 0.29) is 10.8 Å². The van der Waals surface area contributed by atoms with Crippen LogP contribution in [0.4, 0.5) is 10.5 Å². The molecule has 25 heavy (non-hydrogen) atoms. The number of rotatable bonds is 5. The van der Waals surface area contributed by atoms with Crippen molar-refractivity contribution in [3.05, 3.63) is 53.6 Å². The lowest BCUT2D eigenvalue weighted by atomic mass is 10.2. The maximum absolute atomic E-state index is 12.2. The minimum absolute atomic E-state index is 0.160. The average molecular weight is 359 g/mol. The monoisotopic (exact) mass is 358 g/mol. The summed E-state index contributed by atoms with van der Waals surface area (Å²) in [7, 11) is 1.62. The van der Waals surface area contributed by atoms with Crippen LogP contribution in [0.15, 0.2) is 47.4 Å². The number of benzene rings is 2. The summed E-state index contributed by atoms with van der Waals surface area (Å²) < 4.78 is 5.45. The number of aryl methyl sites for hydroxylation is 1. The Labute approximate surface area is 154 Å². The summed E-state index contributed by atoms with van der Waals surface area (Å²) in [6.45, 7) is 8.97. The van der Waals surface area contributed by atoms with Crippen LogP contribution >= 0.6 is 11.8 Å². The number of nitrogens with one attached hydrogen (secondary N) is 2. The molecule has 0 unspecified atom stereocenters. The van der Waals surface area contributed by atoms with Crippen molar-refractivity contribution in [1.82, 2.24) is 5.32 Å². The largest absolute Gasteiger partial charge is 0.496 e. The van der Waals surface area contributed by atoms with E-state index in [1.54, 1.807) is 7.11 Å². The number of urea groups is 1. The second-order valence-corrected chi connectivity index (χ2v) is 8.71. The fourth-order valence-electron chi connectivity index (χ4n) is 2.38. The van der Waals surface area contributed by atoms with E-state index in [4.69, 9.17) is 4.74 Å². The molecule has 0 fully saturated rings. The summed E-state index contributed by atoms with van der Waals surface area (Å²) in [5.74, 6) is 0.766. The van der Waals surface area contributed by atoms with Gasteiger partial charge < -0.3 is 15.4 Å². The van der Waals surface area contributed by atoms with Crippen molar-refractivity contribution in [3.63, 3.8) is 0 Å². The molecule has 0 saturated heterocycles. The molecule has 0 aromatic heterocycles. The molecular formula is C20H26N2O2S. The number of carbonyl (C=O) groups is 1. The van der Waals surface area contributed by atoms with Gasteiger partial charge in [0.2, 0.25) is 0 Å². The predicted molar refractivity (Wildman–Crippen MR) is 106 cm³/mol. The van der Waals surface area contributed by atoms with Crippen molar-refractivity contribution in [2.45, 2.75) is 43.9 Å². The van der Waals surface area contributed by atoms with Gasteiger partial charge in [0.05, 0.1) is 7.11 Å². The van der Waals surface area contributed by atoms with Gasteiger partial charge in [-0.15, -0.1) is 11.8 Å². The summed E-state index contributed by atoms with van der Waals surface area (Å²) in [5, 5.41) is 5.77. The van der Waals surface area contributed by atoms with Crippen molar-refractivity contribution in [1.29, 1.82) is 0 Å². The van der Waals surface area contributed by atoms with Gasteiger partial charge in [-0.2, -0.15) is 0 Å². The van der Waals surface area contributed by atoms with Crippen molar-refractivity contribution < 1.29 is 9.53 Å². The summed E-state index contributed by atoms with van der Waals surface area (Å²) in [6.07, 6.45) is 0. The van der Waals surface area contributed by atoms with Crippen LogP contribution in [0.25, 0.3) is 0 Å². The second-order valence-electron chi connectivity index (χ2n) is 6.81. The van der Waals surface area contributed by atoms with E-state index in [1.807, 2.05) is 55.1 Å². The van der Waals surface area contributed by atoms with E-state index < -0.39 is 0 Å². The van der Waals surface area contributed by atoms with Gasteiger partial charge in [0.15, 0.2) is 0 Å². The van der Waals surface area contributed by atoms with Crippen LogP contribution in [0.5, 0.6) is 5.75 Å². The third-order valence-electron chi connectivity index (χ3n) is 3.50.